The minimum Gasteiger partial charge on any atom is -0.369 e. The van der Waals surface area contributed by atoms with Crippen LogP contribution in [0.1, 0.15) is 11.6 Å². The number of H-pyrrole nitrogens is 1. The molecule has 2 N–H and O–H groups in total. The van der Waals surface area contributed by atoms with E-state index in [1.54, 1.807) is 18.2 Å². The van der Waals surface area contributed by atoms with Gasteiger partial charge in [-0.3, -0.25) is 0 Å². The quantitative estimate of drug-likeness (QED) is 0.575. The Bertz CT molecular complexity index is 1040. The predicted octanol–water partition coefficient (Wildman–Crippen LogP) is 4.18. The number of halogens is 3. The standard InChI is InChI=1S/C18H14F3N5/c19-18(20,21)17-25-12-6-2-1-5-11(12)16(26-17)22-10-9-15-23-13-7-3-4-8-14(13)24-15/h1-8H,9-10H2,(H,23,24)(H,22,25,26). The molecular formula is C18H14F3N5. The molecular weight excluding hydrogens is 343 g/mol. The Hall–Kier alpha value is -3.16. The number of anilines is 1. The summed E-state index contributed by atoms with van der Waals surface area (Å²) < 4.78 is 39.1. The molecule has 26 heavy (non-hydrogen) atoms. The smallest absolute Gasteiger partial charge is 0.369 e. The van der Waals surface area contributed by atoms with E-state index in [-0.39, 0.29) is 11.3 Å². The molecule has 0 atom stereocenters. The fourth-order valence-corrected chi connectivity index (χ4v) is 2.76. The van der Waals surface area contributed by atoms with Crippen LogP contribution in [0.25, 0.3) is 21.9 Å². The highest BCUT2D eigenvalue weighted by Gasteiger charge is 2.35. The maximum absolute atomic E-state index is 13.0. The molecule has 0 saturated carbocycles. The van der Waals surface area contributed by atoms with Gasteiger partial charge in [-0.15, -0.1) is 0 Å². The average molecular weight is 357 g/mol. The fraction of sp³-hybridized carbons (Fsp3) is 0.167. The first-order chi connectivity index (χ1) is 12.5. The summed E-state index contributed by atoms with van der Waals surface area (Å²) in [4.78, 5) is 14.9. The summed E-state index contributed by atoms with van der Waals surface area (Å²) in [6.45, 7) is 0.387. The van der Waals surface area contributed by atoms with E-state index in [0.717, 1.165) is 16.9 Å². The predicted molar refractivity (Wildman–Crippen MR) is 92.8 cm³/mol. The SMILES string of the molecule is FC(F)(F)c1nc(NCCc2nc3ccccc3[nH]2)c2ccccc2n1. The number of rotatable bonds is 4. The summed E-state index contributed by atoms with van der Waals surface area (Å²) in [6, 6.07) is 14.3. The molecule has 2 heterocycles. The Morgan fingerprint density at radius 2 is 1.62 bits per heavy atom. The number of hydrogen-bond donors (Lipinski definition) is 2. The largest absolute Gasteiger partial charge is 0.451 e. The van der Waals surface area contributed by atoms with Crippen molar-refractivity contribution in [3.8, 4) is 0 Å². The van der Waals surface area contributed by atoms with E-state index in [4.69, 9.17) is 0 Å². The number of hydrogen-bond acceptors (Lipinski definition) is 4. The van der Waals surface area contributed by atoms with Gasteiger partial charge in [0.25, 0.3) is 0 Å². The van der Waals surface area contributed by atoms with Gasteiger partial charge in [-0.1, -0.05) is 24.3 Å². The fourth-order valence-electron chi connectivity index (χ4n) is 2.76. The molecule has 0 fully saturated rings. The highest BCUT2D eigenvalue weighted by atomic mass is 19.4. The zero-order valence-electron chi connectivity index (χ0n) is 13.5. The van der Waals surface area contributed by atoms with Crippen molar-refractivity contribution in [2.75, 3.05) is 11.9 Å². The minimum absolute atomic E-state index is 0.166. The van der Waals surface area contributed by atoms with Crippen molar-refractivity contribution in [1.29, 1.82) is 0 Å². The van der Waals surface area contributed by atoms with Crippen molar-refractivity contribution in [3.05, 3.63) is 60.2 Å². The van der Waals surface area contributed by atoms with Crippen LogP contribution in [0.5, 0.6) is 0 Å². The normalized spacial score (nSPS) is 12.0. The second-order valence-electron chi connectivity index (χ2n) is 5.79. The molecule has 0 saturated heterocycles. The van der Waals surface area contributed by atoms with Crippen LogP contribution in [0.2, 0.25) is 0 Å². The van der Waals surface area contributed by atoms with Crippen molar-refractivity contribution >= 4 is 27.8 Å². The van der Waals surface area contributed by atoms with Gasteiger partial charge in [-0.2, -0.15) is 13.2 Å². The van der Waals surface area contributed by atoms with Gasteiger partial charge >= 0.3 is 6.18 Å². The van der Waals surface area contributed by atoms with Gasteiger partial charge in [0.05, 0.1) is 16.6 Å². The van der Waals surface area contributed by atoms with E-state index in [2.05, 4.69) is 25.3 Å². The summed E-state index contributed by atoms with van der Waals surface area (Å²) in [5.41, 5.74) is 2.03. The Balaban J connectivity index is 1.58. The van der Waals surface area contributed by atoms with E-state index >= 15 is 0 Å². The molecule has 2 aromatic heterocycles. The van der Waals surface area contributed by atoms with E-state index in [9.17, 15) is 13.2 Å². The number of alkyl halides is 3. The molecule has 4 rings (SSSR count). The number of para-hydroxylation sites is 3. The zero-order valence-corrected chi connectivity index (χ0v) is 13.5. The van der Waals surface area contributed by atoms with Crippen LogP contribution in [0.15, 0.2) is 48.5 Å². The number of nitrogens with one attached hydrogen (secondary N) is 2. The van der Waals surface area contributed by atoms with Gasteiger partial charge in [0.15, 0.2) is 0 Å². The first kappa shape index (κ1) is 16.3. The Kier molecular flexibility index (Phi) is 3.95. The molecule has 4 aromatic rings. The number of nitrogens with zero attached hydrogens (tertiary/aromatic N) is 3. The molecule has 2 aromatic carbocycles. The van der Waals surface area contributed by atoms with Crippen molar-refractivity contribution < 1.29 is 13.2 Å². The van der Waals surface area contributed by atoms with Crippen LogP contribution < -0.4 is 5.32 Å². The van der Waals surface area contributed by atoms with Crippen LogP contribution in [-0.4, -0.2) is 26.5 Å². The Morgan fingerprint density at radius 1 is 0.885 bits per heavy atom. The average Bonchev–Trinajstić information content (AvgIpc) is 3.03. The van der Waals surface area contributed by atoms with E-state index in [0.29, 0.717) is 18.4 Å². The lowest BCUT2D eigenvalue weighted by atomic mass is 10.2. The second kappa shape index (κ2) is 6.29. The van der Waals surface area contributed by atoms with Crippen LogP contribution in [0.3, 0.4) is 0 Å². The van der Waals surface area contributed by atoms with Crippen molar-refractivity contribution in [2.45, 2.75) is 12.6 Å². The first-order valence-corrected chi connectivity index (χ1v) is 8.02. The van der Waals surface area contributed by atoms with Gasteiger partial charge in [-0.05, 0) is 24.3 Å². The third-order valence-corrected chi connectivity index (χ3v) is 3.95. The lowest BCUT2D eigenvalue weighted by molar-refractivity contribution is -0.144. The van der Waals surface area contributed by atoms with Crippen molar-refractivity contribution in [3.63, 3.8) is 0 Å². The molecule has 5 nitrogen and oxygen atoms in total. The molecule has 0 aliphatic rings. The first-order valence-electron chi connectivity index (χ1n) is 8.02. The highest BCUT2D eigenvalue weighted by Crippen LogP contribution is 2.30. The highest BCUT2D eigenvalue weighted by molar-refractivity contribution is 5.89. The summed E-state index contributed by atoms with van der Waals surface area (Å²) in [7, 11) is 0. The number of aromatic amines is 1. The third-order valence-electron chi connectivity index (χ3n) is 3.95. The topological polar surface area (TPSA) is 66.5 Å². The van der Waals surface area contributed by atoms with E-state index < -0.39 is 12.0 Å². The Morgan fingerprint density at radius 3 is 2.38 bits per heavy atom. The number of aromatic nitrogens is 4. The summed E-state index contributed by atoms with van der Waals surface area (Å²) >= 11 is 0. The van der Waals surface area contributed by atoms with Gasteiger partial charge in [0.1, 0.15) is 11.6 Å². The molecule has 0 aliphatic carbocycles. The van der Waals surface area contributed by atoms with Crippen molar-refractivity contribution in [2.24, 2.45) is 0 Å². The molecule has 0 spiro atoms. The molecule has 132 valence electrons. The number of benzene rings is 2. The molecule has 0 aliphatic heterocycles. The van der Waals surface area contributed by atoms with Gasteiger partial charge < -0.3 is 10.3 Å². The lowest BCUT2D eigenvalue weighted by Crippen LogP contribution is -2.15. The van der Waals surface area contributed by atoms with Gasteiger partial charge in [0, 0.05) is 18.4 Å². The zero-order chi connectivity index (χ0) is 18.1. The third kappa shape index (κ3) is 3.17. The van der Waals surface area contributed by atoms with Crippen LogP contribution in [0, 0.1) is 0 Å². The van der Waals surface area contributed by atoms with Crippen LogP contribution >= 0.6 is 0 Å². The maximum atomic E-state index is 13.0. The monoisotopic (exact) mass is 357 g/mol. The summed E-state index contributed by atoms with van der Waals surface area (Å²) in [5, 5.41) is 3.53. The van der Waals surface area contributed by atoms with Crippen LogP contribution in [0.4, 0.5) is 19.0 Å². The minimum atomic E-state index is -4.60. The van der Waals surface area contributed by atoms with Gasteiger partial charge in [-0.25, -0.2) is 15.0 Å². The maximum Gasteiger partial charge on any atom is 0.451 e. The molecule has 0 unspecified atom stereocenters. The van der Waals surface area contributed by atoms with Crippen LogP contribution in [-0.2, 0) is 12.6 Å². The van der Waals surface area contributed by atoms with Crippen molar-refractivity contribution in [1.82, 2.24) is 19.9 Å². The molecule has 0 bridgehead atoms. The lowest BCUT2D eigenvalue weighted by Gasteiger charge is -2.11. The second-order valence-corrected chi connectivity index (χ2v) is 5.79. The van der Waals surface area contributed by atoms with E-state index in [1.165, 1.54) is 6.07 Å². The summed E-state index contributed by atoms with van der Waals surface area (Å²) in [5.74, 6) is -0.227. The van der Waals surface area contributed by atoms with E-state index in [1.807, 2.05) is 24.3 Å². The van der Waals surface area contributed by atoms with Gasteiger partial charge in [0.2, 0.25) is 5.82 Å². The molecule has 0 amide bonds. The summed E-state index contributed by atoms with van der Waals surface area (Å²) in [6.07, 6.45) is -4.08. The molecule has 8 heteroatoms. The number of imidazole rings is 1. The molecule has 0 radical (unpaired) electrons. The Labute approximate surface area is 146 Å². The number of fused-ring (bicyclic) bond motifs is 2.